The number of nitrogens with zero attached hydrogens (tertiary/aromatic N) is 3. The fourth-order valence-electron chi connectivity index (χ4n) is 4.61. The van der Waals surface area contributed by atoms with E-state index in [1.165, 1.54) is 0 Å². The second-order valence-electron chi connectivity index (χ2n) is 8.38. The van der Waals surface area contributed by atoms with Gasteiger partial charge in [0.15, 0.2) is 0 Å². The van der Waals surface area contributed by atoms with E-state index < -0.39 is 0 Å². The van der Waals surface area contributed by atoms with Crippen molar-refractivity contribution in [3.8, 4) is 11.1 Å². The molecule has 0 N–H and O–H groups in total. The highest BCUT2D eigenvalue weighted by atomic mass is 79.9. The third kappa shape index (κ3) is 4.15. The first kappa shape index (κ1) is 22.8. The van der Waals surface area contributed by atoms with Gasteiger partial charge in [-0.25, -0.2) is 5.01 Å². The zero-order valence-corrected chi connectivity index (χ0v) is 21.3. The highest BCUT2D eigenvalue weighted by Crippen LogP contribution is 2.40. The Bertz CT molecular complexity index is 1420. The summed E-state index contributed by atoms with van der Waals surface area (Å²) < 4.78 is 1.00. The van der Waals surface area contributed by atoms with Crippen LogP contribution in [0.1, 0.15) is 42.6 Å². The maximum atomic E-state index is 12.9. The largest absolute Gasteiger partial charge is 0.273 e. The number of aromatic nitrogens is 1. The van der Waals surface area contributed by atoms with Crippen molar-refractivity contribution in [1.29, 1.82) is 0 Å². The molecule has 0 saturated heterocycles. The van der Waals surface area contributed by atoms with E-state index >= 15 is 0 Å². The Kier molecular flexibility index (Phi) is 6.24. The molecule has 2 heterocycles. The monoisotopic (exact) mass is 531 g/mol. The lowest BCUT2D eigenvalue weighted by Crippen LogP contribution is -2.26. The molecule has 0 aliphatic carbocycles. The number of carbonyl (C=O) groups is 1. The first-order valence-corrected chi connectivity index (χ1v) is 12.4. The highest BCUT2D eigenvalue weighted by molar-refractivity contribution is 9.10. The fraction of sp³-hybridized carbons (Fsp3) is 0.179. The van der Waals surface area contributed by atoms with Crippen molar-refractivity contribution < 1.29 is 4.79 Å². The summed E-state index contributed by atoms with van der Waals surface area (Å²) >= 11 is 9.92. The van der Waals surface area contributed by atoms with Crippen molar-refractivity contribution in [2.45, 2.75) is 32.7 Å². The van der Waals surface area contributed by atoms with Crippen LogP contribution in [0.25, 0.3) is 22.0 Å². The molecule has 1 amide bonds. The van der Waals surface area contributed by atoms with Gasteiger partial charge in [0.2, 0.25) is 5.91 Å². The van der Waals surface area contributed by atoms with Crippen molar-refractivity contribution in [3.05, 3.63) is 99.1 Å². The zero-order valence-electron chi connectivity index (χ0n) is 18.9. The standard InChI is InChI=1S/C28H23BrClN3O/c1-3-26(34)33-25(18-9-11-20(29)12-10-18)16-24(32-33)27-17(2)31-23-14-13-21(30)15-22(23)28(27)19-7-5-4-6-8-19/h4-15,25H,3,16H2,1-2H3. The maximum absolute atomic E-state index is 12.9. The van der Waals surface area contributed by atoms with Crippen LogP contribution in [0.2, 0.25) is 5.02 Å². The molecular formula is C28H23BrClN3O. The Morgan fingerprint density at radius 2 is 1.79 bits per heavy atom. The average Bonchev–Trinajstić information content (AvgIpc) is 3.29. The number of hydrogen-bond acceptors (Lipinski definition) is 3. The van der Waals surface area contributed by atoms with Gasteiger partial charge in [-0.1, -0.05) is 76.9 Å². The van der Waals surface area contributed by atoms with Crippen LogP contribution in [0.5, 0.6) is 0 Å². The van der Waals surface area contributed by atoms with Crippen molar-refractivity contribution in [1.82, 2.24) is 9.99 Å². The van der Waals surface area contributed by atoms with Crippen LogP contribution < -0.4 is 0 Å². The minimum Gasteiger partial charge on any atom is -0.273 e. The van der Waals surface area contributed by atoms with Gasteiger partial charge in [-0.05, 0) is 48.4 Å². The van der Waals surface area contributed by atoms with Crippen LogP contribution in [0.3, 0.4) is 0 Å². The Morgan fingerprint density at radius 1 is 1.06 bits per heavy atom. The van der Waals surface area contributed by atoms with E-state index in [0.29, 0.717) is 17.9 Å². The highest BCUT2D eigenvalue weighted by Gasteiger charge is 2.34. The van der Waals surface area contributed by atoms with Gasteiger partial charge in [-0.3, -0.25) is 9.78 Å². The van der Waals surface area contributed by atoms with E-state index in [1.54, 1.807) is 5.01 Å². The molecule has 4 nitrogen and oxygen atoms in total. The SMILES string of the molecule is CCC(=O)N1N=C(c2c(C)nc3ccc(Cl)cc3c2-c2ccccc2)CC1c1ccc(Br)cc1. The van der Waals surface area contributed by atoms with E-state index in [4.69, 9.17) is 21.7 Å². The molecule has 34 heavy (non-hydrogen) atoms. The van der Waals surface area contributed by atoms with Gasteiger partial charge in [0, 0.05) is 44.5 Å². The summed E-state index contributed by atoms with van der Waals surface area (Å²) in [7, 11) is 0. The summed E-state index contributed by atoms with van der Waals surface area (Å²) in [5.41, 5.74) is 6.76. The number of halogens is 2. The second kappa shape index (κ2) is 9.32. The summed E-state index contributed by atoms with van der Waals surface area (Å²) in [6, 6.07) is 24.0. The van der Waals surface area contributed by atoms with Gasteiger partial charge < -0.3 is 0 Å². The van der Waals surface area contributed by atoms with Crippen molar-refractivity contribution in [3.63, 3.8) is 0 Å². The van der Waals surface area contributed by atoms with Gasteiger partial charge in [0.05, 0.1) is 17.3 Å². The Morgan fingerprint density at radius 3 is 2.50 bits per heavy atom. The number of hydrazone groups is 1. The maximum Gasteiger partial charge on any atom is 0.242 e. The summed E-state index contributed by atoms with van der Waals surface area (Å²) in [6.45, 7) is 3.88. The topological polar surface area (TPSA) is 45.6 Å². The van der Waals surface area contributed by atoms with Crippen LogP contribution in [0, 0.1) is 6.92 Å². The number of fused-ring (bicyclic) bond motifs is 1. The summed E-state index contributed by atoms with van der Waals surface area (Å²) in [5.74, 6) is -0.00127. The number of pyridine rings is 1. The molecule has 1 unspecified atom stereocenters. The average molecular weight is 533 g/mol. The lowest BCUT2D eigenvalue weighted by atomic mass is 9.89. The van der Waals surface area contributed by atoms with E-state index in [9.17, 15) is 4.79 Å². The second-order valence-corrected chi connectivity index (χ2v) is 9.74. The van der Waals surface area contributed by atoms with Gasteiger partial charge in [-0.15, -0.1) is 0 Å². The zero-order chi connectivity index (χ0) is 23.8. The summed E-state index contributed by atoms with van der Waals surface area (Å²) in [5, 5.41) is 8.18. The van der Waals surface area contributed by atoms with Crippen LogP contribution in [-0.4, -0.2) is 21.6 Å². The van der Waals surface area contributed by atoms with Crippen LogP contribution >= 0.6 is 27.5 Å². The minimum atomic E-state index is -0.159. The van der Waals surface area contributed by atoms with E-state index in [-0.39, 0.29) is 11.9 Å². The predicted octanol–water partition coefficient (Wildman–Crippen LogP) is 7.71. The minimum absolute atomic E-state index is 0.00127. The molecule has 6 heteroatoms. The Labute approximate surface area is 212 Å². The van der Waals surface area contributed by atoms with Gasteiger partial charge in [-0.2, -0.15) is 5.10 Å². The van der Waals surface area contributed by atoms with Crippen molar-refractivity contribution in [2.24, 2.45) is 5.10 Å². The molecular weight excluding hydrogens is 510 g/mol. The number of aryl methyl sites for hydroxylation is 1. The van der Waals surface area contributed by atoms with E-state index in [2.05, 4.69) is 28.1 Å². The number of amides is 1. The predicted molar refractivity (Wildman–Crippen MR) is 142 cm³/mol. The third-order valence-corrected chi connectivity index (χ3v) is 6.97. The van der Waals surface area contributed by atoms with Crippen molar-refractivity contribution in [2.75, 3.05) is 0 Å². The van der Waals surface area contributed by atoms with E-state index in [1.807, 2.05) is 74.5 Å². The lowest BCUT2D eigenvalue weighted by Gasteiger charge is -2.21. The molecule has 3 aromatic carbocycles. The molecule has 170 valence electrons. The van der Waals surface area contributed by atoms with E-state index in [0.717, 1.165) is 49.0 Å². The third-order valence-electron chi connectivity index (χ3n) is 6.20. The molecule has 1 aliphatic heterocycles. The van der Waals surface area contributed by atoms with Crippen LogP contribution in [0.15, 0.2) is 82.4 Å². The summed E-state index contributed by atoms with van der Waals surface area (Å²) in [4.78, 5) is 17.8. The van der Waals surface area contributed by atoms with Gasteiger partial charge in [0.25, 0.3) is 0 Å². The molecule has 0 saturated carbocycles. The van der Waals surface area contributed by atoms with Crippen LogP contribution in [0.4, 0.5) is 0 Å². The molecule has 1 aromatic heterocycles. The normalized spacial score (nSPS) is 15.6. The Balaban J connectivity index is 1.73. The number of benzene rings is 3. The molecule has 0 radical (unpaired) electrons. The first-order valence-electron chi connectivity index (χ1n) is 11.3. The number of rotatable bonds is 4. The quantitative estimate of drug-likeness (QED) is 0.270. The molecule has 1 aliphatic rings. The molecule has 0 bridgehead atoms. The van der Waals surface area contributed by atoms with Gasteiger partial charge >= 0.3 is 0 Å². The lowest BCUT2D eigenvalue weighted by molar-refractivity contribution is -0.132. The smallest absolute Gasteiger partial charge is 0.242 e. The molecule has 5 rings (SSSR count). The number of carbonyl (C=O) groups excluding carboxylic acids is 1. The number of hydrogen-bond donors (Lipinski definition) is 0. The molecule has 1 atom stereocenters. The summed E-state index contributed by atoms with van der Waals surface area (Å²) in [6.07, 6.45) is 1.00. The van der Waals surface area contributed by atoms with Gasteiger partial charge in [0.1, 0.15) is 0 Å². The first-order chi connectivity index (χ1) is 16.5. The molecule has 0 fully saturated rings. The van der Waals surface area contributed by atoms with Crippen LogP contribution in [-0.2, 0) is 4.79 Å². The van der Waals surface area contributed by atoms with Crippen molar-refractivity contribution >= 4 is 50.1 Å². The Hall–Kier alpha value is -3.02. The fourth-order valence-corrected chi connectivity index (χ4v) is 5.05. The molecule has 4 aromatic rings. The molecule has 0 spiro atoms.